The topological polar surface area (TPSA) is 68.2 Å². The molecular formula is C17H18N4O2. The van der Waals surface area contributed by atoms with Crippen LogP contribution in [-0.4, -0.2) is 35.4 Å². The SMILES string of the molecule is O=C(Nc1ccn([C@@H]2CCNC2)n1)C1=Cc2ccccc2OC1. The number of rotatable bonds is 3. The Labute approximate surface area is 134 Å². The van der Waals surface area contributed by atoms with E-state index < -0.39 is 0 Å². The summed E-state index contributed by atoms with van der Waals surface area (Å²) in [6.07, 6.45) is 4.84. The second-order valence-electron chi connectivity index (χ2n) is 5.78. The van der Waals surface area contributed by atoms with Crippen molar-refractivity contribution in [2.24, 2.45) is 0 Å². The second-order valence-corrected chi connectivity index (χ2v) is 5.78. The summed E-state index contributed by atoms with van der Waals surface area (Å²) < 4.78 is 7.53. The molecule has 1 aromatic heterocycles. The summed E-state index contributed by atoms with van der Waals surface area (Å²) in [6.45, 7) is 2.21. The van der Waals surface area contributed by atoms with Crippen LogP contribution < -0.4 is 15.4 Å². The number of benzene rings is 1. The maximum atomic E-state index is 12.4. The summed E-state index contributed by atoms with van der Waals surface area (Å²) in [5.74, 6) is 1.21. The molecule has 2 aliphatic rings. The number of amides is 1. The molecule has 1 atom stereocenters. The number of carbonyl (C=O) groups excluding carboxylic acids is 1. The van der Waals surface area contributed by atoms with Gasteiger partial charge in [0, 0.05) is 24.4 Å². The third kappa shape index (κ3) is 2.85. The Morgan fingerprint density at radius 3 is 3.13 bits per heavy atom. The van der Waals surface area contributed by atoms with Crippen molar-refractivity contribution in [3.05, 3.63) is 47.7 Å². The number of hydrogen-bond acceptors (Lipinski definition) is 4. The normalized spacial score (nSPS) is 19.7. The molecule has 1 amide bonds. The molecule has 0 unspecified atom stereocenters. The van der Waals surface area contributed by atoms with Gasteiger partial charge in [0.25, 0.3) is 5.91 Å². The number of nitrogens with zero attached hydrogens (tertiary/aromatic N) is 2. The molecule has 1 saturated heterocycles. The lowest BCUT2D eigenvalue weighted by Crippen LogP contribution is -2.21. The lowest BCUT2D eigenvalue weighted by Gasteiger charge is -2.17. The summed E-state index contributed by atoms with van der Waals surface area (Å²) in [7, 11) is 0. The van der Waals surface area contributed by atoms with Crippen molar-refractivity contribution in [2.75, 3.05) is 25.0 Å². The van der Waals surface area contributed by atoms with Crippen LogP contribution in [0.5, 0.6) is 5.75 Å². The number of nitrogens with one attached hydrogen (secondary N) is 2. The molecule has 6 nitrogen and oxygen atoms in total. The van der Waals surface area contributed by atoms with Gasteiger partial charge in [-0.2, -0.15) is 5.10 Å². The van der Waals surface area contributed by atoms with Crippen LogP contribution >= 0.6 is 0 Å². The van der Waals surface area contributed by atoms with Crippen molar-refractivity contribution in [1.29, 1.82) is 0 Å². The van der Waals surface area contributed by atoms with E-state index in [0.29, 0.717) is 17.4 Å². The highest BCUT2D eigenvalue weighted by Gasteiger charge is 2.20. The second kappa shape index (κ2) is 5.89. The minimum atomic E-state index is -0.172. The third-order valence-corrected chi connectivity index (χ3v) is 4.18. The van der Waals surface area contributed by atoms with Crippen LogP contribution in [0.25, 0.3) is 6.08 Å². The maximum Gasteiger partial charge on any atom is 0.256 e. The van der Waals surface area contributed by atoms with Gasteiger partial charge in [-0.05, 0) is 25.1 Å². The molecule has 4 rings (SSSR count). The standard InChI is InChI=1S/C17H18N4O2/c22-17(13-9-12-3-1-2-4-15(12)23-11-13)19-16-6-8-21(20-16)14-5-7-18-10-14/h1-4,6,8-9,14,18H,5,7,10-11H2,(H,19,20,22)/t14-/m1/s1. The first-order valence-electron chi connectivity index (χ1n) is 7.79. The molecule has 1 fully saturated rings. The summed E-state index contributed by atoms with van der Waals surface area (Å²) >= 11 is 0. The van der Waals surface area contributed by atoms with E-state index in [1.807, 2.05) is 47.3 Å². The van der Waals surface area contributed by atoms with Gasteiger partial charge in [0.15, 0.2) is 5.82 Å². The number of para-hydroxylation sites is 1. The molecule has 118 valence electrons. The minimum absolute atomic E-state index is 0.172. The quantitative estimate of drug-likeness (QED) is 0.907. The highest BCUT2D eigenvalue weighted by molar-refractivity contribution is 6.07. The van der Waals surface area contributed by atoms with Crippen molar-refractivity contribution < 1.29 is 9.53 Å². The van der Waals surface area contributed by atoms with E-state index >= 15 is 0 Å². The fraction of sp³-hybridized carbons (Fsp3) is 0.294. The van der Waals surface area contributed by atoms with Crippen LogP contribution in [-0.2, 0) is 4.79 Å². The number of anilines is 1. The van der Waals surface area contributed by atoms with Gasteiger partial charge >= 0.3 is 0 Å². The van der Waals surface area contributed by atoms with Crippen molar-refractivity contribution in [3.8, 4) is 5.75 Å². The number of hydrogen-bond donors (Lipinski definition) is 2. The Morgan fingerprint density at radius 2 is 2.26 bits per heavy atom. The minimum Gasteiger partial charge on any atom is -0.488 e. The van der Waals surface area contributed by atoms with Gasteiger partial charge in [-0.15, -0.1) is 0 Å². The van der Waals surface area contributed by atoms with Crippen LogP contribution in [0.4, 0.5) is 5.82 Å². The van der Waals surface area contributed by atoms with Crippen LogP contribution in [0.2, 0.25) is 0 Å². The Hall–Kier alpha value is -2.60. The van der Waals surface area contributed by atoms with Gasteiger partial charge in [0.2, 0.25) is 0 Å². The molecule has 0 saturated carbocycles. The highest BCUT2D eigenvalue weighted by atomic mass is 16.5. The zero-order valence-electron chi connectivity index (χ0n) is 12.7. The van der Waals surface area contributed by atoms with Crippen LogP contribution in [0, 0.1) is 0 Å². The van der Waals surface area contributed by atoms with Gasteiger partial charge in [-0.3, -0.25) is 9.48 Å². The lowest BCUT2D eigenvalue weighted by molar-refractivity contribution is -0.113. The summed E-state index contributed by atoms with van der Waals surface area (Å²) in [5.41, 5.74) is 1.52. The molecule has 0 aliphatic carbocycles. The van der Waals surface area contributed by atoms with Gasteiger partial charge < -0.3 is 15.4 Å². The predicted molar refractivity (Wildman–Crippen MR) is 87.3 cm³/mol. The first-order chi connectivity index (χ1) is 11.3. The van der Waals surface area contributed by atoms with Crippen molar-refractivity contribution >= 4 is 17.8 Å². The van der Waals surface area contributed by atoms with Gasteiger partial charge in [-0.25, -0.2) is 0 Å². The zero-order valence-corrected chi connectivity index (χ0v) is 12.7. The van der Waals surface area contributed by atoms with Gasteiger partial charge in [-0.1, -0.05) is 18.2 Å². The molecule has 1 aromatic carbocycles. The van der Waals surface area contributed by atoms with E-state index in [9.17, 15) is 4.79 Å². The molecule has 2 aromatic rings. The molecule has 2 aliphatic heterocycles. The maximum absolute atomic E-state index is 12.4. The van der Waals surface area contributed by atoms with Crippen molar-refractivity contribution in [1.82, 2.24) is 15.1 Å². The van der Waals surface area contributed by atoms with Crippen molar-refractivity contribution in [2.45, 2.75) is 12.5 Å². The molecule has 0 radical (unpaired) electrons. The average molecular weight is 310 g/mol. The van der Waals surface area contributed by atoms with E-state index in [0.717, 1.165) is 30.8 Å². The monoisotopic (exact) mass is 310 g/mol. The number of fused-ring (bicyclic) bond motifs is 1. The number of aromatic nitrogens is 2. The summed E-state index contributed by atoms with van der Waals surface area (Å²) in [6, 6.07) is 9.87. The third-order valence-electron chi connectivity index (χ3n) is 4.18. The smallest absolute Gasteiger partial charge is 0.256 e. The molecule has 6 heteroatoms. The Balaban J connectivity index is 1.47. The van der Waals surface area contributed by atoms with Gasteiger partial charge in [0.05, 0.1) is 11.6 Å². The van der Waals surface area contributed by atoms with Crippen molar-refractivity contribution in [3.63, 3.8) is 0 Å². The Kier molecular flexibility index (Phi) is 3.59. The average Bonchev–Trinajstić information content (AvgIpc) is 3.25. The van der Waals surface area contributed by atoms with Crippen LogP contribution in [0.1, 0.15) is 18.0 Å². The number of ether oxygens (including phenoxy) is 1. The molecular weight excluding hydrogens is 292 g/mol. The fourth-order valence-electron chi connectivity index (χ4n) is 2.92. The van der Waals surface area contributed by atoms with E-state index in [4.69, 9.17) is 4.74 Å². The molecule has 3 heterocycles. The van der Waals surface area contributed by atoms with E-state index in [-0.39, 0.29) is 12.5 Å². The largest absolute Gasteiger partial charge is 0.488 e. The van der Waals surface area contributed by atoms with Crippen LogP contribution in [0.15, 0.2) is 42.1 Å². The number of carbonyl (C=O) groups is 1. The molecule has 23 heavy (non-hydrogen) atoms. The van der Waals surface area contributed by atoms with E-state index in [2.05, 4.69) is 15.7 Å². The zero-order chi connectivity index (χ0) is 15.6. The first-order valence-corrected chi connectivity index (χ1v) is 7.79. The molecule has 2 N–H and O–H groups in total. The highest BCUT2D eigenvalue weighted by Crippen LogP contribution is 2.26. The first kappa shape index (κ1) is 14.0. The summed E-state index contributed by atoms with van der Waals surface area (Å²) in [5, 5.41) is 10.6. The lowest BCUT2D eigenvalue weighted by atomic mass is 10.1. The van der Waals surface area contributed by atoms with Gasteiger partial charge in [0.1, 0.15) is 12.4 Å². The predicted octanol–water partition coefficient (Wildman–Crippen LogP) is 1.83. The van der Waals surface area contributed by atoms with E-state index in [1.165, 1.54) is 0 Å². The van der Waals surface area contributed by atoms with Crippen LogP contribution in [0.3, 0.4) is 0 Å². The Morgan fingerprint density at radius 1 is 1.35 bits per heavy atom. The molecule has 0 spiro atoms. The van der Waals surface area contributed by atoms with E-state index in [1.54, 1.807) is 0 Å². The fourth-order valence-corrected chi connectivity index (χ4v) is 2.92. The summed E-state index contributed by atoms with van der Waals surface area (Å²) in [4.78, 5) is 12.4. The Bertz CT molecular complexity index is 759. The molecule has 0 bridgehead atoms.